The zero-order valence-corrected chi connectivity index (χ0v) is 18.6. The van der Waals surface area contributed by atoms with Crippen LogP contribution in [0.3, 0.4) is 0 Å². The number of benzene rings is 1. The third-order valence-corrected chi connectivity index (χ3v) is 7.24. The van der Waals surface area contributed by atoms with Crippen molar-refractivity contribution in [3.8, 4) is 11.1 Å². The van der Waals surface area contributed by atoms with Crippen LogP contribution in [-0.4, -0.2) is 32.7 Å². The average Bonchev–Trinajstić information content (AvgIpc) is 3.45. The maximum atomic E-state index is 13.4. The lowest BCUT2D eigenvalue weighted by atomic mass is 10.0. The summed E-state index contributed by atoms with van der Waals surface area (Å²) in [7, 11) is -1.90. The Balaban J connectivity index is 1.82. The maximum absolute atomic E-state index is 13.4. The molecule has 1 aromatic carbocycles. The SMILES string of the molecule is CCS(=O)(=O)n1ccc2nc(Nc3ccc(F)cc3)c(-c3cn(C)c(=O)c4[nH]ccc34)cc21. The van der Waals surface area contributed by atoms with Gasteiger partial charge >= 0.3 is 0 Å². The number of hydrogen-bond donors (Lipinski definition) is 2. The highest BCUT2D eigenvalue weighted by atomic mass is 32.2. The number of anilines is 2. The molecule has 8 nitrogen and oxygen atoms in total. The highest BCUT2D eigenvalue weighted by Crippen LogP contribution is 2.36. The third-order valence-electron chi connectivity index (χ3n) is 5.59. The first-order chi connectivity index (χ1) is 15.8. The van der Waals surface area contributed by atoms with E-state index in [-0.39, 0.29) is 17.1 Å². The number of halogens is 1. The van der Waals surface area contributed by atoms with E-state index in [9.17, 15) is 17.6 Å². The van der Waals surface area contributed by atoms with Crippen LogP contribution in [0.2, 0.25) is 0 Å². The van der Waals surface area contributed by atoms with Crippen LogP contribution in [0.25, 0.3) is 33.1 Å². The van der Waals surface area contributed by atoms with E-state index < -0.39 is 10.0 Å². The second-order valence-corrected chi connectivity index (χ2v) is 9.79. The minimum absolute atomic E-state index is 0.0659. The van der Waals surface area contributed by atoms with Crippen LogP contribution in [0, 0.1) is 5.82 Å². The Morgan fingerprint density at radius 3 is 2.61 bits per heavy atom. The molecule has 4 heterocycles. The summed E-state index contributed by atoms with van der Waals surface area (Å²) in [5.74, 6) is 0.0175. The lowest BCUT2D eigenvalue weighted by Crippen LogP contribution is -2.17. The number of fused-ring (bicyclic) bond motifs is 2. The van der Waals surface area contributed by atoms with E-state index in [4.69, 9.17) is 4.98 Å². The molecule has 5 aromatic rings. The minimum Gasteiger partial charge on any atom is -0.357 e. The van der Waals surface area contributed by atoms with Crippen molar-refractivity contribution in [3.63, 3.8) is 0 Å². The largest absolute Gasteiger partial charge is 0.357 e. The van der Waals surface area contributed by atoms with Crippen molar-refractivity contribution in [1.29, 1.82) is 0 Å². The quantitative estimate of drug-likeness (QED) is 0.409. The Kier molecular flexibility index (Phi) is 4.82. The molecule has 0 saturated carbocycles. The van der Waals surface area contributed by atoms with Crippen molar-refractivity contribution in [1.82, 2.24) is 18.5 Å². The van der Waals surface area contributed by atoms with Crippen molar-refractivity contribution in [2.24, 2.45) is 7.05 Å². The molecule has 33 heavy (non-hydrogen) atoms. The summed E-state index contributed by atoms with van der Waals surface area (Å²) in [6.45, 7) is 1.58. The fourth-order valence-corrected chi connectivity index (χ4v) is 4.84. The molecule has 0 unspecified atom stereocenters. The molecule has 0 atom stereocenters. The first-order valence-corrected chi connectivity index (χ1v) is 11.8. The Hall–Kier alpha value is -3.92. The standard InChI is InChI=1S/C23H20FN5O3S/c1-3-33(31,32)29-11-9-19-20(29)12-17(22(27-19)26-15-6-4-14(24)5-7-15)18-13-28(2)23(30)21-16(18)8-10-25-21/h4-13,25H,3H2,1-2H3,(H,26,27). The van der Waals surface area contributed by atoms with Gasteiger partial charge in [-0.25, -0.2) is 21.8 Å². The number of pyridine rings is 2. The van der Waals surface area contributed by atoms with E-state index in [0.29, 0.717) is 44.6 Å². The van der Waals surface area contributed by atoms with Crippen LogP contribution in [0.1, 0.15) is 6.92 Å². The number of nitrogens with zero attached hydrogens (tertiary/aromatic N) is 3. The van der Waals surface area contributed by atoms with Gasteiger partial charge in [0.05, 0.1) is 16.8 Å². The molecular formula is C23H20FN5O3S. The van der Waals surface area contributed by atoms with E-state index in [1.807, 2.05) is 0 Å². The van der Waals surface area contributed by atoms with E-state index in [0.717, 1.165) is 0 Å². The second-order valence-electron chi connectivity index (χ2n) is 7.66. The number of H-pyrrole nitrogens is 1. The maximum Gasteiger partial charge on any atom is 0.274 e. The van der Waals surface area contributed by atoms with Crippen LogP contribution < -0.4 is 10.9 Å². The molecule has 0 aliphatic carbocycles. The summed E-state index contributed by atoms with van der Waals surface area (Å²) in [4.78, 5) is 20.2. The van der Waals surface area contributed by atoms with Gasteiger partial charge in [0.1, 0.15) is 17.2 Å². The zero-order valence-electron chi connectivity index (χ0n) is 17.8. The van der Waals surface area contributed by atoms with Crippen LogP contribution in [-0.2, 0) is 17.1 Å². The van der Waals surface area contributed by atoms with Gasteiger partial charge in [-0.15, -0.1) is 0 Å². The average molecular weight is 466 g/mol. The van der Waals surface area contributed by atoms with Crippen LogP contribution in [0.15, 0.2) is 65.8 Å². The van der Waals surface area contributed by atoms with E-state index in [1.54, 1.807) is 56.7 Å². The van der Waals surface area contributed by atoms with Gasteiger partial charge in [0, 0.05) is 47.8 Å². The summed E-state index contributed by atoms with van der Waals surface area (Å²) in [6, 6.07) is 11.0. The summed E-state index contributed by atoms with van der Waals surface area (Å²) in [5, 5.41) is 3.89. The third kappa shape index (κ3) is 3.48. The Labute approximate surface area is 188 Å². The molecule has 4 aromatic heterocycles. The first-order valence-electron chi connectivity index (χ1n) is 10.2. The van der Waals surface area contributed by atoms with Gasteiger partial charge in [-0.1, -0.05) is 0 Å². The summed E-state index contributed by atoms with van der Waals surface area (Å²) in [6.07, 6.45) is 4.85. The molecule has 168 valence electrons. The van der Waals surface area contributed by atoms with E-state index in [1.165, 1.54) is 26.9 Å². The number of nitrogens with one attached hydrogen (secondary N) is 2. The van der Waals surface area contributed by atoms with Crippen LogP contribution in [0.5, 0.6) is 0 Å². The minimum atomic E-state index is -3.55. The first kappa shape index (κ1) is 21.0. The molecule has 0 radical (unpaired) electrons. The topological polar surface area (TPSA) is 102 Å². The van der Waals surface area contributed by atoms with Gasteiger partial charge < -0.3 is 14.9 Å². The van der Waals surface area contributed by atoms with Gasteiger partial charge in [-0.05, 0) is 49.4 Å². The normalized spacial score (nSPS) is 12.0. The molecular weight excluding hydrogens is 445 g/mol. The Bertz CT molecular complexity index is 1680. The molecule has 10 heteroatoms. The highest BCUT2D eigenvalue weighted by molar-refractivity contribution is 7.90. The predicted molar refractivity (Wildman–Crippen MR) is 127 cm³/mol. The van der Waals surface area contributed by atoms with Crippen molar-refractivity contribution in [2.45, 2.75) is 6.92 Å². The van der Waals surface area contributed by atoms with Crippen molar-refractivity contribution in [3.05, 3.63) is 77.2 Å². The molecule has 0 aliphatic rings. The summed E-state index contributed by atoms with van der Waals surface area (Å²) >= 11 is 0. The van der Waals surface area contributed by atoms with Gasteiger partial charge in [-0.3, -0.25) is 4.79 Å². The summed E-state index contributed by atoms with van der Waals surface area (Å²) in [5.41, 5.74) is 3.05. The zero-order chi connectivity index (χ0) is 23.3. The Morgan fingerprint density at radius 2 is 1.88 bits per heavy atom. The smallest absolute Gasteiger partial charge is 0.274 e. The van der Waals surface area contributed by atoms with Gasteiger partial charge in [0.15, 0.2) is 0 Å². The van der Waals surface area contributed by atoms with Crippen molar-refractivity contribution >= 4 is 43.5 Å². The number of hydrogen-bond acceptors (Lipinski definition) is 5. The molecule has 0 saturated heterocycles. The predicted octanol–water partition coefficient (Wildman–Crippen LogP) is 3.96. The number of aromatic nitrogens is 4. The second kappa shape index (κ2) is 7.59. The fraction of sp³-hybridized carbons (Fsp3) is 0.130. The molecule has 0 bridgehead atoms. The molecule has 5 rings (SSSR count). The lowest BCUT2D eigenvalue weighted by Gasteiger charge is -2.15. The molecule has 0 amide bonds. The number of aryl methyl sites for hydroxylation is 1. The molecule has 0 fully saturated rings. The number of aromatic amines is 1. The highest BCUT2D eigenvalue weighted by Gasteiger charge is 2.20. The molecule has 0 spiro atoms. The lowest BCUT2D eigenvalue weighted by molar-refractivity contribution is 0.590. The molecule has 2 N–H and O–H groups in total. The molecule has 0 aliphatic heterocycles. The monoisotopic (exact) mass is 465 g/mol. The van der Waals surface area contributed by atoms with Gasteiger partial charge in [0.25, 0.3) is 5.56 Å². The van der Waals surface area contributed by atoms with Gasteiger partial charge in [0.2, 0.25) is 10.0 Å². The fourth-order valence-electron chi connectivity index (χ4n) is 3.87. The van der Waals surface area contributed by atoms with Crippen molar-refractivity contribution in [2.75, 3.05) is 11.1 Å². The number of rotatable bonds is 5. The Morgan fingerprint density at radius 1 is 1.12 bits per heavy atom. The van der Waals surface area contributed by atoms with E-state index >= 15 is 0 Å². The van der Waals surface area contributed by atoms with E-state index in [2.05, 4.69) is 10.3 Å². The van der Waals surface area contributed by atoms with Gasteiger partial charge in [-0.2, -0.15) is 0 Å². The van der Waals surface area contributed by atoms with Crippen molar-refractivity contribution < 1.29 is 12.8 Å². The summed E-state index contributed by atoms with van der Waals surface area (Å²) < 4.78 is 41.4. The van der Waals surface area contributed by atoms with Crippen LogP contribution in [0.4, 0.5) is 15.9 Å². The van der Waals surface area contributed by atoms with Crippen LogP contribution >= 0.6 is 0 Å².